The molecule has 1 aromatic carbocycles. The molecule has 0 fully saturated rings. The molecule has 0 spiro atoms. The van der Waals surface area contributed by atoms with Crippen molar-refractivity contribution >= 4 is 5.65 Å². The summed E-state index contributed by atoms with van der Waals surface area (Å²) in [5.74, 6) is 2.60. The molecule has 0 aliphatic carbocycles. The molecule has 3 aromatic heterocycles. The third kappa shape index (κ3) is 3.03. The molecule has 0 aliphatic heterocycles. The first-order chi connectivity index (χ1) is 13.2. The van der Waals surface area contributed by atoms with E-state index >= 15 is 0 Å². The van der Waals surface area contributed by atoms with Crippen molar-refractivity contribution in [1.29, 1.82) is 0 Å². The number of ether oxygens (including phenoxy) is 3. The Hall–Kier alpha value is -3.61. The molecule has 136 valence electrons. The minimum Gasteiger partial charge on any atom is -0.493 e. The zero-order valence-electron chi connectivity index (χ0n) is 15.2. The van der Waals surface area contributed by atoms with Crippen molar-refractivity contribution in [2.75, 3.05) is 21.3 Å². The van der Waals surface area contributed by atoms with E-state index in [0.717, 1.165) is 22.3 Å². The summed E-state index contributed by atoms with van der Waals surface area (Å²) in [6.07, 6.45) is 3.77. The first kappa shape index (κ1) is 16.8. The highest BCUT2D eigenvalue weighted by molar-refractivity contribution is 5.68. The largest absolute Gasteiger partial charge is 0.493 e. The average molecular weight is 362 g/mol. The lowest BCUT2D eigenvalue weighted by molar-refractivity contribution is 0.355. The molecule has 0 saturated heterocycles. The molecule has 27 heavy (non-hydrogen) atoms. The number of rotatable bonds is 5. The van der Waals surface area contributed by atoms with Gasteiger partial charge in [-0.25, -0.2) is 4.98 Å². The molecular formula is C20H18N4O3. The van der Waals surface area contributed by atoms with Crippen LogP contribution in [0.3, 0.4) is 0 Å². The second-order valence-electron chi connectivity index (χ2n) is 5.83. The van der Waals surface area contributed by atoms with Gasteiger partial charge in [-0.3, -0.25) is 4.40 Å². The van der Waals surface area contributed by atoms with E-state index in [0.29, 0.717) is 23.2 Å². The molecule has 0 bridgehead atoms. The number of methoxy groups -OCH3 is 3. The van der Waals surface area contributed by atoms with Gasteiger partial charge in [0.25, 0.3) is 0 Å². The van der Waals surface area contributed by atoms with Crippen molar-refractivity contribution in [1.82, 2.24) is 19.6 Å². The number of hydrogen-bond donors (Lipinski definition) is 0. The van der Waals surface area contributed by atoms with Crippen molar-refractivity contribution in [2.24, 2.45) is 0 Å². The van der Waals surface area contributed by atoms with E-state index in [-0.39, 0.29) is 0 Å². The predicted molar refractivity (Wildman–Crippen MR) is 101 cm³/mol. The molecule has 7 nitrogen and oxygen atoms in total. The molecule has 0 amide bonds. The van der Waals surface area contributed by atoms with Gasteiger partial charge in [-0.2, -0.15) is 0 Å². The van der Waals surface area contributed by atoms with Gasteiger partial charge in [-0.1, -0.05) is 0 Å². The van der Waals surface area contributed by atoms with Crippen LogP contribution in [0, 0.1) is 0 Å². The Balaban J connectivity index is 1.80. The van der Waals surface area contributed by atoms with Crippen LogP contribution in [-0.2, 0) is 0 Å². The molecule has 0 aliphatic rings. The van der Waals surface area contributed by atoms with E-state index in [1.165, 1.54) is 0 Å². The highest BCUT2D eigenvalue weighted by atomic mass is 16.5. The molecule has 0 saturated carbocycles. The van der Waals surface area contributed by atoms with Gasteiger partial charge in [0.05, 0.1) is 21.3 Å². The topological polar surface area (TPSA) is 70.8 Å². The summed E-state index contributed by atoms with van der Waals surface area (Å²) in [7, 11) is 4.82. The van der Waals surface area contributed by atoms with E-state index in [1.54, 1.807) is 27.5 Å². The summed E-state index contributed by atoms with van der Waals surface area (Å²) in [5, 5.41) is 8.60. The fourth-order valence-corrected chi connectivity index (χ4v) is 2.91. The molecule has 3 heterocycles. The monoisotopic (exact) mass is 362 g/mol. The second kappa shape index (κ2) is 6.95. The fourth-order valence-electron chi connectivity index (χ4n) is 2.91. The summed E-state index contributed by atoms with van der Waals surface area (Å²) < 4.78 is 17.8. The Bertz CT molecular complexity index is 1090. The minimum atomic E-state index is 0.579. The summed E-state index contributed by atoms with van der Waals surface area (Å²) in [6.45, 7) is 0. The van der Waals surface area contributed by atoms with Crippen molar-refractivity contribution in [3.8, 4) is 39.9 Å². The highest BCUT2D eigenvalue weighted by Gasteiger charge is 2.13. The van der Waals surface area contributed by atoms with Crippen LogP contribution >= 0.6 is 0 Å². The quantitative estimate of drug-likeness (QED) is 0.541. The number of fused-ring (bicyclic) bond motifs is 1. The van der Waals surface area contributed by atoms with Crippen LogP contribution in [0.25, 0.3) is 28.2 Å². The van der Waals surface area contributed by atoms with Gasteiger partial charge < -0.3 is 14.2 Å². The van der Waals surface area contributed by atoms with Gasteiger partial charge in [0, 0.05) is 35.2 Å². The van der Waals surface area contributed by atoms with Crippen LogP contribution in [0.2, 0.25) is 0 Å². The smallest absolute Gasteiger partial charge is 0.212 e. The molecular weight excluding hydrogens is 344 g/mol. The lowest BCUT2D eigenvalue weighted by Crippen LogP contribution is -1.94. The van der Waals surface area contributed by atoms with Gasteiger partial charge in [0.2, 0.25) is 5.88 Å². The normalized spacial score (nSPS) is 10.8. The zero-order chi connectivity index (χ0) is 18.8. The Morgan fingerprint density at radius 2 is 1.52 bits per heavy atom. The van der Waals surface area contributed by atoms with Gasteiger partial charge in [0.15, 0.2) is 23.0 Å². The second-order valence-corrected chi connectivity index (χ2v) is 5.83. The number of hydrogen-bond acceptors (Lipinski definition) is 6. The Labute approximate surface area is 156 Å². The van der Waals surface area contributed by atoms with E-state index in [2.05, 4.69) is 15.2 Å². The molecule has 0 atom stereocenters. The van der Waals surface area contributed by atoms with Crippen LogP contribution in [0.15, 0.2) is 54.9 Å². The number of aromatic nitrogens is 4. The molecule has 4 rings (SSSR count). The summed E-state index contributed by atoms with van der Waals surface area (Å²) in [6, 6.07) is 13.4. The van der Waals surface area contributed by atoms with E-state index in [4.69, 9.17) is 14.2 Å². The maximum absolute atomic E-state index is 5.40. The number of nitrogens with zero attached hydrogens (tertiary/aromatic N) is 4. The Kier molecular flexibility index (Phi) is 4.33. The summed E-state index contributed by atoms with van der Waals surface area (Å²) in [5.41, 5.74) is 3.61. The number of pyridine rings is 2. The third-order valence-electron chi connectivity index (χ3n) is 4.32. The van der Waals surface area contributed by atoms with Crippen molar-refractivity contribution in [2.45, 2.75) is 0 Å². The first-order valence-electron chi connectivity index (χ1n) is 8.31. The first-order valence-corrected chi connectivity index (χ1v) is 8.31. The maximum atomic E-state index is 5.40. The van der Waals surface area contributed by atoms with E-state index in [1.807, 2.05) is 53.1 Å². The van der Waals surface area contributed by atoms with Crippen molar-refractivity contribution in [3.05, 3.63) is 54.9 Å². The van der Waals surface area contributed by atoms with Crippen LogP contribution in [0.1, 0.15) is 0 Å². The van der Waals surface area contributed by atoms with Crippen molar-refractivity contribution in [3.63, 3.8) is 0 Å². The third-order valence-corrected chi connectivity index (χ3v) is 4.32. The Morgan fingerprint density at radius 1 is 0.741 bits per heavy atom. The fraction of sp³-hybridized carbons (Fsp3) is 0.150. The lowest BCUT2D eigenvalue weighted by atomic mass is 10.1. The van der Waals surface area contributed by atoms with Gasteiger partial charge in [-0.15, -0.1) is 10.2 Å². The van der Waals surface area contributed by atoms with E-state index in [9.17, 15) is 0 Å². The van der Waals surface area contributed by atoms with Gasteiger partial charge in [0.1, 0.15) is 0 Å². The zero-order valence-corrected chi connectivity index (χ0v) is 15.2. The van der Waals surface area contributed by atoms with Crippen LogP contribution in [0.5, 0.6) is 17.4 Å². The Morgan fingerprint density at radius 3 is 2.22 bits per heavy atom. The van der Waals surface area contributed by atoms with Gasteiger partial charge in [-0.05, 0) is 36.4 Å². The van der Waals surface area contributed by atoms with E-state index < -0.39 is 0 Å². The molecule has 0 radical (unpaired) electrons. The van der Waals surface area contributed by atoms with Gasteiger partial charge >= 0.3 is 0 Å². The summed E-state index contributed by atoms with van der Waals surface area (Å²) in [4.78, 5) is 4.27. The minimum absolute atomic E-state index is 0.579. The molecule has 0 N–H and O–H groups in total. The van der Waals surface area contributed by atoms with Crippen molar-refractivity contribution < 1.29 is 14.2 Å². The van der Waals surface area contributed by atoms with Crippen LogP contribution in [0.4, 0.5) is 0 Å². The number of benzene rings is 1. The highest BCUT2D eigenvalue weighted by Crippen LogP contribution is 2.32. The maximum Gasteiger partial charge on any atom is 0.212 e. The molecule has 7 heteroatoms. The molecule has 0 unspecified atom stereocenters. The average Bonchev–Trinajstić information content (AvgIpc) is 3.16. The SMILES string of the molecule is COc1ccc(-c2ccc3nnc(-c4ccc(OC)c(OC)c4)n3c2)cn1. The summed E-state index contributed by atoms with van der Waals surface area (Å²) >= 11 is 0. The van der Waals surface area contributed by atoms with Crippen LogP contribution < -0.4 is 14.2 Å². The van der Waals surface area contributed by atoms with Crippen LogP contribution in [-0.4, -0.2) is 40.9 Å². The predicted octanol–water partition coefficient (Wildman–Crippen LogP) is 3.48. The lowest BCUT2D eigenvalue weighted by Gasteiger charge is -2.09. The molecule has 4 aromatic rings. The standard InChI is InChI=1S/C20H18N4O3/c1-25-16-7-4-13(10-17(16)26-2)20-23-22-18-8-5-15(12-24(18)20)14-6-9-19(27-3)21-11-14/h4-12H,1-3H3.